The van der Waals surface area contributed by atoms with Crippen LogP contribution in [0.4, 0.5) is 29.2 Å². The molecular weight excluding hydrogens is 552 g/mol. The Balaban J connectivity index is 0.00000387. The number of benzene rings is 1. The van der Waals surface area contributed by atoms with Crippen LogP contribution in [0.15, 0.2) is 36.5 Å². The van der Waals surface area contributed by atoms with E-state index in [2.05, 4.69) is 25.6 Å². The van der Waals surface area contributed by atoms with Crippen molar-refractivity contribution >= 4 is 47.5 Å². The number of phenolic OH excluding ortho intramolecular Hbond substituents is 1. The molecule has 12 N–H and O–H groups in total. The van der Waals surface area contributed by atoms with Gasteiger partial charge in [0.15, 0.2) is 5.69 Å². The fourth-order valence-corrected chi connectivity index (χ4v) is 4.97. The lowest BCUT2D eigenvalue weighted by Gasteiger charge is -2.37. The summed E-state index contributed by atoms with van der Waals surface area (Å²) in [5, 5.41) is 26.1. The van der Waals surface area contributed by atoms with E-state index < -0.39 is 5.91 Å². The van der Waals surface area contributed by atoms with E-state index in [-0.39, 0.29) is 65.4 Å². The van der Waals surface area contributed by atoms with Gasteiger partial charge in [0, 0.05) is 68.3 Å². The number of carbonyl (C=O) groups excluding carboxylic acids is 1. The first-order valence-corrected chi connectivity index (χ1v) is 13.0. The number of nitrogens with two attached hydrogens (primary N) is 4. The maximum Gasteiger partial charge on any atom is 0.278 e. The number of hydrogen-bond acceptors (Lipinski definition) is 14. The molecule has 4 atom stereocenters. The Labute approximate surface area is 242 Å². The van der Waals surface area contributed by atoms with Crippen LogP contribution >= 0.6 is 12.4 Å². The van der Waals surface area contributed by atoms with E-state index in [0.717, 1.165) is 0 Å². The summed E-state index contributed by atoms with van der Waals surface area (Å²) >= 11 is 0. The molecule has 0 radical (unpaired) electrons. The zero-order valence-electron chi connectivity index (χ0n) is 22.2. The smallest absolute Gasteiger partial charge is 0.278 e. The summed E-state index contributed by atoms with van der Waals surface area (Å²) in [5.74, 6) is -0.107. The van der Waals surface area contributed by atoms with Crippen LogP contribution in [0.5, 0.6) is 11.5 Å². The van der Waals surface area contributed by atoms with Gasteiger partial charge in [-0.1, -0.05) is 0 Å². The Morgan fingerprint density at radius 3 is 1.90 bits per heavy atom. The third kappa shape index (κ3) is 7.20. The minimum Gasteiger partial charge on any atom is -0.506 e. The maximum atomic E-state index is 12.5. The maximum absolute atomic E-state index is 12.5. The quantitative estimate of drug-likeness (QED) is 0.175. The van der Waals surface area contributed by atoms with Crippen LogP contribution in [0, 0.1) is 0 Å². The molecule has 2 saturated heterocycles. The molecule has 15 nitrogen and oxygen atoms in total. The van der Waals surface area contributed by atoms with E-state index in [4.69, 9.17) is 27.9 Å². The van der Waals surface area contributed by atoms with E-state index in [1.165, 1.54) is 30.5 Å². The van der Waals surface area contributed by atoms with Crippen molar-refractivity contribution in [3.8, 4) is 11.5 Å². The van der Waals surface area contributed by atoms with Crippen molar-refractivity contribution in [3.05, 3.63) is 42.2 Å². The van der Waals surface area contributed by atoms with Gasteiger partial charge in [0.05, 0.1) is 5.69 Å². The van der Waals surface area contributed by atoms with Gasteiger partial charge in [-0.3, -0.25) is 4.79 Å². The molecule has 1 amide bonds. The number of piperidine rings is 2. The normalized spacial score (nSPS) is 22.5. The lowest BCUT2D eigenvalue weighted by atomic mass is 10.0. The summed E-state index contributed by atoms with van der Waals surface area (Å²) < 4.78 is 0. The standard InChI is InChI=1S/C25H34N12O3.ClH/c26-13-6-14(27)10-36(9-13)24-33-23(34-25(35-24)37-11-15(28)7-16(29)12-37)31-17-3-4-18(20(39)8-17)32-22(40)21-19(38)2-1-5-30-21;/h1-5,8,13-16,38-39H,6-7,9-12,26-29H2,(H,32,40)(H,31,33,34,35);1H/t13-,14+,15-,16+;. The van der Waals surface area contributed by atoms with E-state index in [1.54, 1.807) is 6.07 Å². The highest BCUT2D eigenvalue weighted by Crippen LogP contribution is 2.30. The molecule has 2 fully saturated rings. The van der Waals surface area contributed by atoms with Crippen LogP contribution in [0.25, 0.3) is 0 Å². The Kier molecular flexibility index (Phi) is 9.25. The van der Waals surface area contributed by atoms with Gasteiger partial charge >= 0.3 is 0 Å². The summed E-state index contributed by atoms with van der Waals surface area (Å²) in [5.41, 5.74) is 25.3. The van der Waals surface area contributed by atoms with Crippen molar-refractivity contribution in [1.82, 2.24) is 19.9 Å². The van der Waals surface area contributed by atoms with Gasteiger partial charge in [-0.05, 0) is 37.1 Å². The molecular formula is C25H35ClN12O3. The molecule has 41 heavy (non-hydrogen) atoms. The van der Waals surface area contributed by atoms with Crippen LogP contribution in [-0.2, 0) is 0 Å². The largest absolute Gasteiger partial charge is 0.506 e. The average molecular weight is 587 g/mol. The van der Waals surface area contributed by atoms with E-state index in [9.17, 15) is 15.0 Å². The molecule has 2 aromatic heterocycles. The number of halogens is 1. The Morgan fingerprint density at radius 1 is 0.829 bits per heavy atom. The number of nitrogens with one attached hydrogen (secondary N) is 2. The van der Waals surface area contributed by atoms with Crippen LogP contribution in [0.3, 0.4) is 0 Å². The second kappa shape index (κ2) is 12.7. The van der Waals surface area contributed by atoms with E-state index >= 15 is 0 Å². The third-order valence-corrected chi connectivity index (χ3v) is 6.71. The van der Waals surface area contributed by atoms with Crippen molar-refractivity contribution < 1.29 is 15.0 Å². The predicted octanol–water partition coefficient (Wildman–Crippen LogP) is -0.175. The van der Waals surface area contributed by atoms with Gasteiger partial charge in [0.25, 0.3) is 5.91 Å². The molecule has 0 spiro atoms. The molecule has 3 aromatic rings. The van der Waals surface area contributed by atoms with Gasteiger partial charge in [0.2, 0.25) is 17.8 Å². The number of nitrogens with zero attached hydrogens (tertiary/aromatic N) is 6. The molecule has 5 rings (SSSR count). The van der Waals surface area contributed by atoms with Crippen molar-refractivity contribution in [1.29, 1.82) is 0 Å². The number of aromatic nitrogens is 4. The minimum atomic E-state index is -0.670. The van der Waals surface area contributed by atoms with E-state index in [0.29, 0.717) is 56.6 Å². The fraction of sp³-hybridized carbons (Fsp3) is 0.400. The Bertz CT molecular complexity index is 1320. The minimum absolute atomic E-state index is 0. The molecule has 2 aliphatic rings. The second-order valence-corrected chi connectivity index (χ2v) is 10.3. The van der Waals surface area contributed by atoms with Crippen molar-refractivity contribution in [3.63, 3.8) is 0 Å². The number of carbonyl (C=O) groups is 1. The Hall–Kier alpha value is -4.02. The first-order chi connectivity index (χ1) is 19.1. The molecule has 220 valence electrons. The number of aromatic hydroxyl groups is 2. The number of hydrogen-bond donors (Lipinski definition) is 8. The lowest BCUT2D eigenvalue weighted by Crippen LogP contribution is -2.54. The fourth-order valence-electron chi connectivity index (χ4n) is 4.97. The molecule has 1 aromatic carbocycles. The van der Waals surface area contributed by atoms with Gasteiger partial charge in [0.1, 0.15) is 11.5 Å². The monoisotopic (exact) mass is 586 g/mol. The highest BCUT2D eigenvalue weighted by molar-refractivity contribution is 6.05. The number of phenols is 1. The highest BCUT2D eigenvalue weighted by Gasteiger charge is 2.29. The van der Waals surface area contributed by atoms with Crippen LogP contribution in [0.1, 0.15) is 23.3 Å². The molecule has 16 heteroatoms. The number of anilines is 5. The summed E-state index contributed by atoms with van der Waals surface area (Å²) in [6, 6.07) is 6.92. The highest BCUT2D eigenvalue weighted by atomic mass is 35.5. The van der Waals surface area contributed by atoms with Gasteiger partial charge in [-0.2, -0.15) is 15.0 Å². The van der Waals surface area contributed by atoms with Crippen molar-refractivity contribution in [2.75, 3.05) is 46.6 Å². The summed E-state index contributed by atoms with van der Waals surface area (Å²) in [4.78, 5) is 34.2. The summed E-state index contributed by atoms with van der Waals surface area (Å²) in [6.45, 7) is 2.15. The molecule has 0 saturated carbocycles. The van der Waals surface area contributed by atoms with E-state index in [1.807, 2.05) is 9.80 Å². The zero-order valence-corrected chi connectivity index (χ0v) is 23.0. The first-order valence-electron chi connectivity index (χ1n) is 13.0. The summed E-state index contributed by atoms with van der Waals surface area (Å²) in [7, 11) is 0. The number of amides is 1. The summed E-state index contributed by atoms with van der Waals surface area (Å²) in [6.07, 6.45) is 2.80. The Morgan fingerprint density at radius 2 is 1.39 bits per heavy atom. The van der Waals surface area contributed by atoms with Crippen LogP contribution in [-0.4, -0.2) is 86.4 Å². The second-order valence-electron chi connectivity index (χ2n) is 10.3. The molecule has 0 unspecified atom stereocenters. The molecule has 4 heterocycles. The van der Waals surface area contributed by atoms with Crippen LogP contribution in [0.2, 0.25) is 0 Å². The number of pyridine rings is 1. The van der Waals surface area contributed by atoms with Gasteiger partial charge in [-0.15, -0.1) is 12.4 Å². The third-order valence-electron chi connectivity index (χ3n) is 6.71. The van der Waals surface area contributed by atoms with Crippen LogP contribution < -0.4 is 43.4 Å². The molecule has 2 aliphatic heterocycles. The average Bonchev–Trinajstić information content (AvgIpc) is 2.89. The lowest BCUT2D eigenvalue weighted by molar-refractivity contribution is 0.101. The number of rotatable bonds is 6. The van der Waals surface area contributed by atoms with Gasteiger partial charge < -0.3 is 53.6 Å². The topological polar surface area (TPSA) is 244 Å². The first kappa shape index (κ1) is 30.0. The molecule has 0 aliphatic carbocycles. The van der Waals surface area contributed by atoms with Crippen molar-refractivity contribution in [2.45, 2.75) is 37.0 Å². The van der Waals surface area contributed by atoms with Crippen molar-refractivity contribution in [2.24, 2.45) is 22.9 Å². The molecule has 0 bridgehead atoms. The SMILES string of the molecule is Cl.N[C@@H]1C[C@H](N)CN(c2nc(Nc3ccc(NC(=O)c4ncccc4O)c(O)c3)nc(N3C[C@H](N)C[C@H](N)C3)n2)C1. The van der Waals surface area contributed by atoms with Gasteiger partial charge in [-0.25, -0.2) is 4.98 Å². The predicted molar refractivity (Wildman–Crippen MR) is 158 cm³/mol. The zero-order chi connectivity index (χ0) is 28.4.